The van der Waals surface area contributed by atoms with E-state index >= 15 is 0 Å². The summed E-state index contributed by atoms with van der Waals surface area (Å²) in [5.41, 5.74) is -3.69. The Hall–Kier alpha value is -3.82. The monoisotopic (exact) mass is 330 g/mol. The number of ketones is 2. The number of non-ortho nitro benzene ring substituents is 1. The van der Waals surface area contributed by atoms with Gasteiger partial charge in [0.25, 0.3) is 11.4 Å². The van der Waals surface area contributed by atoms with Gasteiger partial charge in [0.1, 0.15) is 5.56 Å². The molecule has 1 aliphatic rings. The molecule has 0 unspecified atom stereocenters. The standard InChI is InChI=1S/C14H6N2O8/c17-9-2-1-6-11(13(9)19)14(20)10-7(12(6)18)3-5(15(21)22)4-8(10)16(23)24/h1-4,17,19H. The van der Waals surface area contributed by atoms with Gasteiger partial charge in [0.15, 0.2) is 17.3 Å². The molecule has 0 atom stereocenters. The fourth-order valence-electron chi connectivity index (χ4n) is 2.55. The summed E-state index contributed by atoms with van der Waals surface area (Å²) < 4.78 is 0. The molecule has 0 bridgehead atoms. The van der Waals surface area contributed by atoms with Crippen LogP contribution in [0.1, 0.15) is 31.8 Å². The van der Waals surface area contributed by atoms with Crippen LogP contribution in [0.15, 0.2) is 24.3 Å². The van der Waals surface area contributed by atoms with E-state index in [-0.39, 0.29) is 5.56 Å². The molecule has 0 heterocycles. The topological polar surface area (TPSA) is 161 Å². The van der Waals surface area contributed by atoms with Crippen LogP contribution in [-0.4, -0.2) is 31.6 Å². The lowest BCUT2D eigenvalue weighted by atomic mass is 9.82. The van der Waals surface area contributed by atoms with E-state index in [9.17, 15) is 40.0 Å². The van der Waals surface area contributed by atoms with Gasteiger partial charge in [-0.1, -0.05) is 0 Å². The molecule has 10 nitrogen and oxygen atoms in total. The second-order valence-electron chi connectivity index (χ2n) is 4.92. The summed E-state index contributed by atoms with van der Waals surface area (Å²) in [6, 6.07) is 3.36. The summed E-state index contributed by atoms with van der Waals surface area (Å²) in [5.74, 6) is -3.54. The first-order valence-corrected chi connectivity index (χ1v) is 6.35. The van der Waals surface area contributed by atoms with Gasteiger partial charge in [-0.3, -0.25) is 29.8 Å². The zero-order valence-corrected chi connectivity index (χ0v) is 11.5. The van der Waals surface area contributed by atoms with Crippen molar-refractivity contribution in [2.24, 2.45) is 0 Å². The van der Waals surface area contributed by atoms with Crippen molar-refractivity contribution in [3.05, 3.63) is 66.7 Å². The van der Waals surface area contributed by atoms with Gasteiger partial charge in [-0.05, 0) is 12.1 Å². The highest BCUT2D eigenvalue weighted by atomic mass is 16.6. The molecule has 0 fully saturated rings. The van der Waals surface area contributed by atoms with E-state index in [1.54, 1.807) is 0 Å². The molecule has 0 saturated carbocycles. The smallest absolute Gasteiger partial charge is 0.288 e. The number of hydrogen-bond donors (Lipinski definition) is 2. The minimum absolute atomic E-state index is 0.308. The summed E-state index contributed by atoms with van der Waals surface area (Å²) >= 11 is 0. The molecule has 0 aliphatic heterocycles. The average molecular weight is 330 g/mol. The summed E-state index contributed by atoms with van der Waals surface area (Å²) in [6.07, 6.45) is 0. The number of carbonyl (C=O) groups excluding carboxylic acids is 2. The number of aromatic hydroxyl groups is 2. The Kier molecular flexibility index (Phi) is 3.04. The minimum atomic E-state index is -1.07. The molecular weight excluding hydrogens is 324 g/mol. The van der Waals surface area contributed by atoms with Crippen LogP contribution < -0.4 is 0 Å². The van der Waals surface area contributed by atoms with Crippen LogP contribution in [0.4, 0.5) is 11.4 Å². The summed E-state index contributed by atoms with van der Waals surface area (Å²) in [5, 5.41) is 41.4. The van der Waals surface area contributed by atoms with Gasteiger partial charge in [-0.25, -0.2) is 0 Å². The molecule has 0 spiro atoms. The third-order valence-electron chi connectivity index (χ3n) is 3.61. The summed E-state index contributed by atoms with van der Waals surface area (Å²) in [7, 11) is 0. The van der Waals surface area contributed by atoms with Crippen molar-refractivity contribution in [1.29, 1.82) is 0 Å². The minimum Gasteiger partial charge on any atom is -0.504 e. The summed E-state index contributed by atoms with van der Waals surface area (Å²) in [6.45, 7) is 0. The van der Waals surface area contributed by atoms with Crippen molar-refractivity contribution < 1.29 is 29.6 Å². The molecule has 0 saturated heterocycles. The first kappa shape index (κ1) is 15.1. The number of nitro benzene ring substituents is 2. The molecule has 2 N–H and O–H groups in total. The number of benzene rings is 2. The van der Waals surface area contributed by atoms with Crippen LogP contribution in [0.5, 0.6) is 11.5 Å². The molecular formula is C14H6N2O8. The molecule has 0 radical (unpaired) electrons. The first-order valence-electron chi connectivity index (χ1n) is 6.35. The van der Waals surface area contributed by atoms with Crippen LogP contribution in [0.25, 0.3) is 0 Å². The highest BCUT2D eigenvalue weighted by molar-refractivity contribution is 6.31. The third kappa shape index (κ3) is 1.90. The zero-order chi connectivity index (χ0) is 17.8. The number of nitro groups is 2. The van der Waals surface area contributed by atoms with E-state index in [4.69, 9.17) is 0 Å². The van der Waals surface area contributed by atoms with Crippen LogP contribution >= 0.6 is 0 Å². The van der Waals surface area contributed by atoms with E-state index < -0.39 is 61.0 Å². The second kappa shape index (κ2) is 4.84. The van der Waals surface area contributed by atoms with Crippen LogP contribution in [-0.2, 0) is 0 Å². The molecule has 1 aliphatic carbocycles. The number of fused-ring (bicyclic) bond motifs is 2. The maximum absolute atomic E-state index is 12.5. The fraction of sp³-hybridized carbons (Fsp3) is 0. The van der Waals surface area contributed by atoms with E-state index in [1.807, 2.05) is 0 Å². The lowest BCUT2D eigenvalue weighted by Gasteiger charge is -2.18. The Morgan fingerprint density at radius 3 is 2.08 bits per heavy atom. The Labute approximate surface area is 131 Å². The largest absolute Gasteiger partial charge is 0.504 e. The molecule has 120 valence electrons. The van der Waals surface area contributed by atoms with Crippen LogP contribution in [0.2, 0.25) is 0 Å². The average Bonchev–Trinajstić information content (AvgIpc) is 2.53. The quantitative estimate of drug-likeness (QED) is 0.407. The SMILES string of the molecule is O=C1c2cc([N+](=O)[O-])cc([N+](=O)[O-])c2C(=O)c2c1ccc(O)c2O. The predicted molar refractivity (Wildman–Crippen MR) is 76.4 cm³/mol. The van der Waals surface area contributed by atoms with Gasteiger partial charge < -0.3 is 10.2 Å². The molecule has 24 heavy (non-hydrogen) atoms. The number of rotatable bonds is 2. The van der Waals surface area contributed by atoms with E-state index in [2.05, 4.69) is 0 Å². The van der Waals surface area contributed by atoms with E-state index in [1.165, 1.54) is 0 Å². The zero-order valence-electron chi connectivity index (χ0n) is 11.5. The van der Waals surface area contributed by atoms with Crippen molar-refractivity contribution in [2.45, 2.75) is 0 Å². The van der Waals surface area contributed by atoms with Crippen LogP contribution in [0, 0.1) is 20.2 Å². The molecule has 0 amide bonds. The van der Waals surface area contributed by atoms with Gasteiger partial charge in [-0.2, -0.15) is 0 Å². The third-order valence-corrected chi connectivity index (χ3v) is 3.61. The highest BCUT2D eigenvalue weighted by Crippen LogP contribution is 2.41. The number of hydrogen-bond acceptors (Lipinski definition) is 8. The number of carbonyl (C=O) groups is 2. The van der Waals surface area contributed by atoms with Gasteiger partial charge in [0.2, 0.25) is 5.78 Å². The van der Waals surface area contributed by atoms with E-state index in [0.29, 0.717) is 6.07 Å². The fourth-order valence-corrected chi connectivity index (χ4v) is 2.55. The Balaban J connectivity index is 2.42. The molecule has 3 rings (SSSR count). The lowest BCUT2D eigenvalue weighted by Crippen LogP contribution is -2.22. The maximum Gasteiger partial charge on any atom is 0.288 e. The lowest BCUT2D eigenvalue weighted by molar-refractivity contribution is -0.394. The number of phenols is 2. The maximum atomic E-state index is 12.5. The van der Waals surface area contributed by atoms with Gasteiger partial charge in [0, 0.05) is 17.2 Å². The normalized spacial score (nSPS) is 12.5. The molecule has 0 aromatic heterocycles. The Morgan fingerprint density at radius 2 is 1.50 bits per heavy atom. The van der Waals surface area contributed by atoms with Crippen molar-refractivity contribution >= 4 is 22.9 Å². The second-order valence-corrected chi connectivity index (χ2v) is 4.92. The van der Waals surface area contributed by atoms with Gasteiger partial charge in [0.05, 0.1) is 21.5 Å². The van der Waals surface area contributed by atoms with E-state index in [0.717, 1.165) is 18.2 Å². The summed E-state index contributed by atoms with van der Waals surface area (Å²) in [4.78, 5) is 45.1. The van der Waals surface area contributed by atoms with Gasteiger partial charge >= 0.3 is 0 Å². The molecule has 2 aromatic carbocycles. The van der Waals surface area contributed by atoms with Crippen LogP contribution in [0.3, 0.4) is 0 Å². The Bertz CT molecular complexity index is 979. The predicted octanol–water partition coefficient (Wildman–Crippen LogP) is 1.69. The van der Waals surface area contributed by atoms with Crippen molar-refractivity contribution in [3.8, 4) is 11.5 Å². The van der Waals surface area contributed by atoms with Crippen molar-refractivity contribution in [2.75, 3.05) is 0 Å². The highest BCUT2D eigenvalue weighted by Gasteiger charge is 2.40. The number of nitrogens with zero attached hydrogens (tertiary/aromatic N) is 2. The first-order chi connectivity index (χ1) is 11.2. The number of phenolic OH excluding ortho intramolecular Hbond substituents is 2. The van der Waals surface area contributed by atoms with Gasteiger partial charge in [-0.15, -0.1) is 0 Å². The molecule has 10 heteroatoms. The van der Waals surface area contributed by atoms with Crippen molar-refractivity contribution in [3.63, 3.8) is 0 Å². The Morgan fingerprint density at radius 1 is 0.833 bits per heavy atom. The molecule has 2 aromatic rings. The van der Waals surface area contributed by atoms with Crippen molar-refractivity contribution in [1.82, 2.24) is 0 Å².